The summed E-state index contributed by atoms with van der Waals surface area (Å²) in [6, 6.07) is 10.8. The molecule has 7 nitrogen and oxygen atoms in total. The molecule has 146 valence electrons. The number of carbonyl (C=O) groups is 1. The average molecular weight is 373 g/mol. The lowest BCUT2D eigenvalue weighted by atomic mass is 10.1. The highest BCUT2D eigenvalue weighted by Gasteiger charge is 2.17. The molecule has 0 aliphatic heterocycles. The summed E-state index contributed by atoms with van der Waals surface area (Å²) in [7, 11) is 8.61. The summed E-state index contributed by atoms with van der Waals surface area (Å²) in [5, 5.41) is 6.20. The lowest BCUT2D eigenvalue weighted by Gasteiger charge is -2.14. The molecule has 0 atom stereocenters. The Hall–Kier alpha value is -2.93. The number of ether oxygens (including phenoxy) is 3. The molecule has 0 aromatic heterocycles. The number of methoxy groups -OCH3 is 3. The summed E-state index contributed by atoms with van der Waals surface area (Å²) >= 11 is 0. The average Bonchev–Trinajstić information content (AvgIpc) is 2.67. The predicted molar refractivity (Wildman–Crippen MR) is 108 cm³/mol. The molecule has 1 amide bonds. The highest BCUT2D eigenvalue weighted by atomic mass is 16.5. The highest BCUT2D eigenvalue weighted by molar-refractivity contribution is 6.05. The van der Waals surface area contributed by atoms with Crippen LogP contribution in [0, 0.1) is 0 Å². The van der Waals surface area contributed by atoms with Gasteiger partial charge in [0.25, 0.3) is 5.91 Å². The van der Waals surface area contributed by atoms with E-state index in [-0.39, 0.29) is 5.91 Å². The van der Waals surface area contributed by atoms with E-state index in [0.717, 1.165) is 18.8 Å². The van der Waals surface area contributed by atoms with Crippen LogP contribution < -0.4 is 24.8 Å². The first-order valence-electron chi connectivity index (χ1n) is 8.58. The quantitative estimate of drug-likeness (QED) is 0.704. The van der Waals surface area contributed by atoms with Gasteiger partial charge < -0.3 is 29.7 Å². The Morgan fingerprint density at radius 2 is 1.48 bits per heavy atom. The molecule has 0 aliphatic rings. The zero-order valence-corrected chi connectivity index (χ0v) is 16.5. The summed E-state index contributed by atoms with van der Waals surface area (Å²) in [6.45, 7) is 1.80. The van der Waals surface area contributed by atoms with Crippen molar-refractivity contribution in [2.24, 2.45) is 0 Å². The largest absolute Gasteiger partial charge is 0.493 e. The van der Waals surface area contributed by atoms with Gasteiger partial charge in [-0.05, 0) is 50.5 Å². The van der Waals surface area contributed by atoms with Gasteiger partial charge >= 0.3 is 0 Å². The van der Waals surface area contributed by atoms with Crippen LogP contribution in [0.3, 0.4) is 0 Å². The number of amides is 1. The van der Waals surface area contributed by atoms with E-state index in [9.17, 15) is 4.79 Å². The van der Waals surface area contributed by atoms with Crippen LogP contribution in [0.5, 0.6) is 17.2 Å². The number of carbonyl (C=O) groups excluding carboxylic acids is 1. The fourth-order valence-electron chi connectivity index (χ4n) is 2.51. The normalized spacial score (nSPS) is 10.4. The van der Waals surface area contributed by atoms with Gasteiger partial charge in [0, 0.05) is 30.0 Å². The van der Waals surface area contributed by atoms with Crippen molar-refractivity contribution in [1.82, 2.24) is 4.90 Å². The van der Waals surface area contributed by atoms with Crippen LogP contribution in [0.15, 0.2) is 36.4 Å². The van der Waals surface area contributed by atoms with E-state index >= 15 is 0 Å². The van der Waals surface area contributed by atoms with Crippen molar-refractivity contribution in [3.05, 3.63) is 42.0 Å². The van der Waals surface area contributed by atoms with E-state index in [1.807, 2.05) is 38.4 Å². The molecule has 0 aliphatic carbocycles. The molecular weight excluding hydrogens is 346 g/mol. The SMILES string of the molecule is COc1cc(C(=O)Nc2ccc(NCCN(C)C)cc2)cc(OC)c1OC. The summed E-state index contributed by atoms with van der Waals surface area (Å²) in [4.78, 5) is 14.7. The lowest BCUT2D eigenvalue weighted by Crippen LogP contribution is -2.20. The van der Waals surface area contributed by atoms with Gasteiger partial charge in [-0.1, -0.05) is 0 Å². The number of hydrogen-bond acceptors (Lipinski definition) is 6. The van der Waals surface area contributed by atoms with Crippen LogP contribution in [0.25, 0.3) is 0 Å². The highest BCUT2D eigenvalue weighted by Crippen LogP contribution is 2.38. The molecule has 2 N–H and O–H groups in total. The molecule has 0 saturated heterocycles. The zero-order chi connectivity index (χ0) is 19.8. The molecule has 2 rings (SSSR count). The molecule has 0 fully saturated rings. The second kappa shape index (κ2) is 9.68. The second-order valence-electron chi connectivity index (χ2n) is 6.18. The van der Waals surface area contributed by atoms with E-state index in [2.05, 4.69) is 15.5 Å². The van der Waals surface area contributed by atoms with E-state index in [0.29, 0.717) is 28.5 Å². The fourth-order valence-corrected chi connectivity index (χ4v) is 2.51. The van der Waals surface area contributed by atoms with Crippen molar-refractivity contribution >= 4 is 17.3 Å². The maximum atomic E-state index is 12.6. The van der Waals surface area contributed by atoms with Crippen molar-refractivity contribution in [2.45, 2.75) is 0 Å². The second-order valence-corrected chi connectivity index (χ2v) is 6.18. The first-order chi connectivity index (χ1) is 13.0. The van der Waals surface area contributed by atoms with E-state index in [1.54, 1.807) is 12.1 Å². The number of likely N-dealkylation sites (N-methyl/N-ethyl adjacent to an activating group) is 1. The van der Waals surface area contributed by atoms with Crippen LogP contribution in [0.2, 0.25) is 0 Å². The third-order valence-electron chi connectivity index (χ3n) is 3.96. The van der Waals surface area contributed by atoms with Gasteiger partial charge in [0.2, 0.25) is 5.75 Å². The Kier molecular flexibility index (Phi) is 7.31. The first kappa shape index (κ1) is 20.4. The van der Waals surface area contributed by atoms with Gasteiger partial charge in [0.05, 0.1) is 21.3 Å². The summed E-state index contributed by atoms with van der Waals surface area (Å²) in [5.74, 6) is 1.05. The topological polar surface area (TPSA) is 72.1 Å². The van der Waals surface area contributed by atoms with Gasteiger partial charge in [-0.3, -0.25) is 4.79 Å². The number of nitrogens with zero attached hydrogens (tertiary/aromatic N) is 1. The number of hydrogen-bond donors (Lipinski definition) is 2. The molecule has 7 heteroatoms. The van der Waals surface area contributed by atoms with Crippen molar-refractivity contribution in [2.75, 3.05) is 59.1 Å². The number of anilines is 2. The number of nitrogens with one attached hydrogen (secondary N) is 2. The van der Waals surface area contributed by atoms with Crippen molar-refractivity contribution in [3.8, 4) is 17.2 Å². The maximum Gasteiger partial charge on any atom is 0.255 e. The third-order valence-corrected chi connectivity index (χ3v) is 3.96. The molecule has 0 saturated carbocycles. The molecule has 0 bridgehead atoms. The van der Waals surface area contributed by atoms with E-state index < -0.39 is 0 Å². The van der Waals surface area contributed by atoms with Crippen LogP contribution in [0.1, 0.15) is 10.4 Å². The van der Waals surface area contributed by atoms with Crippen LogP contribution in [-0.2, 0) is 0 Å². The maximum absolute atomic E-state index is 12.6. The molecule has 0 unspecified atom stereocenters. The third kappa shape index (κ3) is 5.52. The van der Waals surface area contributed by atoms with Gasteiger partial charge in [-0.15, -0.1) is 0 Å². The lowest BCUT2D eigenvalue weighted by molar-refractivity contribution is 0.102. The number of rotatable bonds is 9. The Labute approximate surface area is 160 Å². The molecule has 0 radical (unpaired) electrons. The van der Waals surface area contributed by atoms with E-state index in [4.69, 9.17) is 14.2 Å². The van der Waals surface area contributed by atoms with Gasteiger partial charge in [-0.2, -0.15) is 0 Å². The van der Waals surface area contributed by atoms with Crippen molar-refractivity contribution in [3.63, 3.8) is 0 Å². The predicted octanol–water partition coefficient (Wildman–Crippen LogP) is 2.94. The number of benzene rings is 2. The Morgan fingerprint density at radius 3 is 1.96 bits per heavy atom. The summed E-state index contributed by atoms with van der Waals surface area (Å²) in [6.07, 6.45) is 0. The minimum atomic E-state index is -0.262. The molecule has 0 heterocycles. The Morgan fingerprint density at radius 1 is 0.926 bits per heavy atom. The van der Waals surface area contributed by atoms with Gasteiger partial charge in [0.15, 0.2) is 11.5 Å². The molecular formula is C20H27N3O4. The molecule has 2 aromatic carbocycles. The fraction of sp³-hybridized carbons (Fsp3) is 0.350. The monoisotopic (exact) mass is 373 g/mol. The van der Waals surface area contributed by atoms with Crippen molar-refractivity contribution in [1.29, 1.82) is 0 Å². The zero-order valence-electron chi connectivity index (χ0n) is 16.5. The first-order valence-corrected chi connectivity index (χ1v) is 8.58. The molecule has 0 spiro atoms. The van der Waals surface area contributed by atoms with Crippen LogP contribution in [0.4, 0.5) is 11.4 Å². The van der Waals surface area contributed by atoms with Crippen LogP contribution in [-0.4, -0.2) is 59.3 Å². The minimum Gasteiger partial charge on any atom is -0.493 e. The smallest absolute Gasteiger partial charge is 0.255 e. The molecule has 27 heavy (non-hydrogen) atoms. The summed E-state index contributed by atoms with van der Waals surface area (Å²) < 4.78 is 15.9. The summed E-state index contributed by atoms with van der Waals surface area (Å²) in [5.41, 5.74) is 2.12. The Balaban J connectivity index is 2.08. The Bertz CT molecular complexity index is 735. The van der Waals surface area contributed by atoms with Crippen LogP contribution >= 0.6 is 0 Å². The standard InChI is InChI=1S/C20H27N3O4/c1-23(2)11-10-21-15-6-8-16(9-7-15)22-20(24)14-12-17(25-3)19(27-5)18(13-14)26-4/h6-9,12-13,21H,10-11H2,1-5H3,(H,22,24). The van der Waals surface area contributed by atoms with Gasteiger partial charge in [0.1, 0.15) is 0 Å². The van der Waals surface area contributed by atoms with Gasteiger partial charge in [-0.25, -0.2) is 0 Å². The molecule has 2 aromatic rings. The van der Waals surface area contributed by atoms with Crippen molar-refractivity contribution < 1.29 is 19.0 Å². The van der Waals surface area contributed by atoms with E-state index in [1.165, 1.54) is 21.3 Å². The minimum absolute atomic E-state index is 0.262.